The van der Waals surface area contributed by atoms with Crippen molar-refractivity contribution in [3.05, 3.63) is 47.8 Å². The van der Waals surface area contributed by atoms with E-state index in [0.717, 1.165) is 63.9 Å². The van der Waals surface area contributed by atoms with Gasteiger partial charge in [0.2, 0.25) is 0 Å². The van der Waals surface area contributed by atoms with Gasteiger partial charge in [0, 0.05) is 70.3 Å². The van der Waals surface area contributed by atoms with Crippen molar-refractivity contribution in [1.29, 1.82) is 0 Å². The van der Waals surface area contributed by atoms with Crippen molar-refractivity contribution in [2.75, 3.05) is 51.2 Å². The second-order valence-electron chi connectivity index (χ2n) is 8.09. The van der Waals surface area contributed by atoms with Crippen molar-refractivity contribution in [3.63, 3.8) is 0 Å². The van der Waals surface area contributed by atoms with E-state index in [0.29, 0.717) is 6.04 Å². The quantitative estimate of drug-likeness (QED) is 0.396. The topological polar surface area (TPSA) is 60.7 Å². The highest BCUT2D eigenvalue weighted by Crippen LogP contribution is 2.16. The van der Waals surface area contributed by atoms with Crippen molar-refractivity contribution >= 4 is 11.6 Å². The van der Waals surface area contributed by atoms with Crippen molar-refractivity contribution in [2.24, 2.45) is 4.99 Å². The molecule has 2 aromatic rings. The summed E-state index contributed by atoms with van der Waals surface area (Å²) in [6, 6.07) is 13.3. The van der Waals surface area contributed by atoms with Gasteiger partial charge in [0.25, 0.3) is 0 Å². The number of anilines is 1. The fraction of sp³-hybridized carbons (Fsp3) is 0.565. The Kier molecular flexibility index (Phi) is 8.13. The maximum absolute atomic E-state index is 4.52. The van der Waals surface area contributed by atoms with E-state index in [9.17, 15) is 0 Å². The zero-order chi connectivity index (χ0) is 21.3. The number of rotatable bonds is 8. The van der Waals surface area contributed by atoms with Crippen LogP contribution in [0.4, 0.5) is 5.69 Å². The molecule has 1 aromatic carbocycles. The normalized spacial score (nSPS) is 16.5. The van der Waals surface area contributed by atoms with Gasteiger partial charge in [-0.05, 0) is 45.4 Å². The second-order valence-corrected chi connectivity index (χ2v) is 8.09. The zero-order valence-electron chi connectivity index (χ0n) is 18.9. The van der Waals surface area contributed by atoms with Crippen LogP contribution < -0.4 is 15.5 Å². The van der Waals surface area contributed by atoms with Crippen LogP contribution in [0.1, 0.15) is 24.7 Å². The molecule has 0 aliphatic carbocycles. The maximum atomic E-state index is 4.52. The molecule has 1 fully saturated rings. The van der Waals surface area contributed by atoms with Gasteiger partial charge in [-0.1, -0.05) is 18.2 Å². The molecule has 7 nitrogen and oxygen atoms in total. The Morgan fingerprint density at radius 2 is 1.83 bits per heavy atom. The minimum absolute atomic E-state index is 0.469. The molecule has 1 atom stereocenters. The Hall–Kier alpha value is -2.54. The Morgan fingerprint density at radius 3 is 2.47 bits per heavy atom. The lowest BCUT2D eigenvalue weighted by molar-refractivity contribution is 0.197. The molecule has 0 saturated carbocycles. The van der Waals surface area contributed by atoms with Crippen LogP contribution in [0.25, 0.3) is 0 Å². The highest BCUT2D eigenvalue weighted by molar-refractivity contribution is 5.79. The van der Waals surface area contributed by atoms with Crippen molar-refractivity contribution in [2.45, 2.75) is 39.8 Å². The third-order valence-corrected chi connectivity index (χ3v) is 5.79. The summed E-state index contributed by atoms with van der Waals surface area (Å²) in [5.41, 5.74) is 3.63. The minimum atomic E-state index is 0.469. The van der Waals surface area contributed by atoms with E-state index in [1.165, 1.54) is 11.4 Å². The maximum Gasteiger partial charge on any atom is 0.191 e. The minimum Gasteiger partial charge on any atom is -0.369 e. The lowest BCUT2D eigenvalue weighted by Crippen LogP contribution is -2.53. The summed E-state index contributed by atoms with van der Waals surface area (Å²) in [6.07, 6.45) is 1.01. The van der Waals surface area contributed by atoms with Gasteiger partial charge in [-0.2, -0.15) is 5.10 Å². The summed E-state index contributed by atoms with van der Waals surface area (Å²) in [4.78, 5) is 9.40. The predicted molar refractivity (Wildman–Crippen MR) is 125 cm³/mol. The zero-order valence-corrected chi connectivity index (χ0v) is 18.9. The molecule has 2 N–H and O–H groups in total. The Labute approximate surface area is 181 Å². The first-order chi connectivity index (χ1) is 14.6. The molecule has 1 aromatic heterocycles. The molecule has 1 unspecified atom stereocenters. The van der Waals surface area contributed by atoms with Gasteiger partial charge in [0.05, 0.1) is 5.69 Å². The van der Waals surface area contributed by atoms with E-state index in [-0.39, 0.29) is 0 Å². The molecule has 164 valence electrons. The van der Waals surface area contributed by atoms with Crippen LogP contribution in [-0.2, 0) is 6.54 Å². The van der Waals surface area contributed by atoms with Gasteiger partial charge in [-0.3, -0.25) is 14.6 Å². The van der Waals surface area contributed by atoms with Gasteiger partial charge >= 0.3 is 0 Å². The predicted octanol–water partition coefficient (Wildman–Crippen LogP) is 2.27. The van der Waals surface area contributed by atoms with E-state index in [1.54, 1.807) is 0 Å². The molecule has 30 heavy (non-hydrogen) atoms. The summed E-state index contributed by atoms with van der Waals surface area (Å²) in [5, 5.41) is 11.4. The van der Waals surface area contributed by atoms with Crippen LogP contribution in [0.3, 0.4) is 0 Å². The molecule has 0 bridgehead atoms. The number of hydrogen-bond donors (Lipinski definition) is 2. The molecule has 0 radical (unpaired) electrons. The van der Waals surface area contributed by atoms with E-state index < -0.39 is 0 Å². The average molecular weight is 412 g/mol. The summed E-state index contributed by atoms with van der Waals surface area (Å²) in [5.74, 6) is 0.873. The van der Waals surface area contributed by atoms with Crippen LogP contribution in [0.5, 0.6) is 0 Å². The lowest BCUT2D eigenvalue weighted by Gasteiger charge is -2.39. The van der Waals surface area contributed by atoms with E-state index in [2.05, 4.69) is 85.5 Å². The number of para-hydroxylation sites is 1. The van der Waals surface area contributed by atoms with Gasteiger partial charge in [-0.15, -0.1) is 0 Å². The monoisotopic (exact) mass is 411 g/mol. The highest BCUT2D eigenvalue weighted by atomic mass is 15.3. The molecule has 1 aliphatic heterocycles. The number of aromatic nitrogens is 2. The van der Waals surface area contributed by atoms with Crippen LogP contribution in [-0.4, -0.2) is 73.0 Å². The first kappa shape index (κ1) is 22.2. The van der Waals surface area contributed by atoms with Crippen LogP contribution in [0.2, 0.25) is 0 Å². The molecular weight excluding hydrogens is 374 g/mol. The summed E-state index contributed by atoms with van der Waals surface area (Å²) < 4.78 is 2.07. The average Bonchev–Trinajstić information content (AvgIpc) is 3.10. The third kappa shape index (κ3) is 6.23. The number of hydrogen-bond acceptors (Lipinski definition) is 4. The Balaban J connectivity index is 1.34. The first-order valence-electron chi connectivity index (χ1n) is 11.1. The molecule has 1 aliphatic rings. The number of aryl methyl sites for hydroxylation is 3. The van der Waals surface area contributed by atoms with Gasteiger partial charge in [-0.25, -0.2) is 0 Å². The number of benzene rings is 1. The SMILES string of the molecule is CN=C(NCCCn1nc(C)cc1C)NCC(C)N1CCN(c2ccccc2)CC1. The number of nitrogens with one attached hydrogen (secondary N) is 2. The molecule has 7 heteroatoms. The van der Waals surface area contributed by atoms with Crippen molar-refractivity contribution in [1.82, 2.24) is 25.3 Å². The van der Waals surface area contributed by atoms with Gasteiger partial charge in [0.1, 0.15) is 0 Å². The fourth-order valence-corrected chi connectivity index (χ4v) is 3.99. The molecule has 0 amide bonds. The third-order valence-electron chi connectivity index (χ3n) is 5.79. The largest absolute Gasteiger partial charge is 0.369 e. The molecule has 2 heterocycles. The van der Waals surface area contributed by atoms with Crippen LogP contribution in [0, 0.1) is 13.8 Å². The number of piperazine rings is 1. The summed E-state index contributed by atoms with van der Waals surface area (Å²) in [7, 11) is 1.83. The fourth-order valence-electron chi connectivity index (χ4n) is 3.99. The smallest absolute Gasteiger partial charge is 0.191 e. The lowest BCUT2D eigenvalue weighted by atomic mass is 10.2. The molecular formula is C23H37N7. The Bertz CT molecular complexity index is 791. The first-order valence-corrected chi connectivity index (χ1v) is 11.1. The molecule has 3 rings (SSSR count). The van der Waals surface area contributed by atoms with E-state index in [4.69, 9.17) is 0 Å². The number of aliphatic imine (C=N–C) groups is 1. The van der Waals surface area contributed by atoms with Gasteiger partial charge in [0.15, 0.2) is 5.96 Å². The van der Waals surface area contributed by atoms with E-state index in [1.807, 2.05) is 14.0 Å². The second kappa shape index (κ2) is 11.0. The van der Waals surface area contributed by atoms with Gasteiger partial charge < -0.3 is 15.5 Å². The van der Waals surface area contributed by atoms with Crippen LogP contribution >= 0.6 is 0 Å². The van der Waals surface area contributed by atoms with Crippen molar-refractivity contribution in [3.8, 4) is 0 Å². The van der Waals surface area contributed by atoms with Crippen LogP contribution in [0.15, 0.2) is 41.4 Å². The highest BCUT2D eigenvalue weighted by Gasteiger charge is 2.21. The standard InChI is InChI=1S/C23H37N7/c1-19-17-20(2)30(27-19)12-8-11-25-23(24-4)26-18-21(3)28-13-15-29(16-14-28)22-9-6-5-7-10-22/h5-7,9-10,17,21H,8,11-16,18H2,1-4H3,(H2,24,25,26). The number of guanidine groups is 1. The van der Waals surface area contributed by atoms with Crippen molar-refractivity contribution < 1.29 is 0 Å². The summed E-state index contributed by atoms with van der Waals surface area (Å²) in [6.45, 7) is 13.5. The molecule has 0 spiro atoms. The van der Waals surface area contributed by atoms with E-state index >= 15 is 0 Å². The summed E-state index contributed by atoms with van der Waals surface area (Å²) >= 11 is 0. The number of nitrogens with zero attached hydrogens (tertiary/aromatic N) is 5. The Morgan fingerprint density at radius 1 is 1.10 bits per heavy atom. The molecule has 1 saturated heterocycles.